The minimum atomic E-state index is -0.201. The maximum atomic E-state index is 14.1. The standard InChI is InChI=1S/C31H24N4O2/c1-37-25-19-17-22(18-20-25)27-29(32-24-15-9-4-10-16-24)33-30-26(21-11-5-2-6-12-21)28(34-35(30)31(27)36)23-13-7-3-8-14-23/h2-20,32,34H,1H3. The SMILES string of the molecule is COc1ccc(-c2c(Nc3ccccc3)nc3c(-c4ccccc4)c(-c4ccccc4)[nH]n3c2=O)cc1. The van der Waals surface area contributed by atoms with Gasteiger partial charge in [-0.3, -0.25) is 9.89 Å². The molecule has 0 bridgehead atoms. The van der Waals surface area contributed by atoms with Crippen molar-refractivity contribution in [3.63, 3.8) is 0 Å². The smallest absolute Gasteiger partial charge is 0.282 e. The first kappa shape index (κ1) is 22.4. The lowest BCUT2D eigenvalue weighted by molar-refractivity contribution is 0.415. The molecule has 0 saturated carbocycles. The zero-order valence-electron chi connectivity index (χ0n) is 20.2. The lowest BCUT2D eigenvalue weighted by Gasteiger charge is -2.12. The zero-order valence-corrected chi connectivity index (χ0v) is 20.2. The van der Waals surface area contributed by atoms with Crippen molar-refractivity contribution in [1.29, 1.82) is 0 Å². The molecule has 0 atom stereocenters. The maximum Gasteiger partial charge on any atom is 0.282 e. The van der Waals surface area contributed by atoms with Crippen molar-refractivity contribution < 1.29 is 4.74 Å². The van der Waals surface area contributed by atoms with Crippen molar-refractivity contribution in [2.45, 2.75) is 0 Å². The summed E-state index contributed by atoms with van der Waals surface area (Å²) in [6, 6.07) is 37.2. The minimum absolute atomic E-state index is 0.201. The molecule has 6 rings (SSSR count). The van der Waals surface area contributed by atoms with E-state index >= 15 is 0 Å². The summed E-state index contributed by atoms with van der Waals surface area (Å²) in [5, 5.41) is 6.75. The molecule has 180 valence electrons. The van der Waals surface area contributed by atoms with Gasteiger partial charge in [-0.1, -0.05) is 91.0 Å². The van der Waals surface area contributed by atoms with E-state index in [0.29, 0.717) is 22.8 Å². The Morgan fingerprint density at radius 3 is 1.89 bits per heavy atom. The summed E-state index contributed by atoms with van der Waals surface area (Å²) in [6.07, 6.45) is 0. The van der Waals surface area contributed by atoms with Crippen molar-refractivity contribution in [3.8, 4) is 39.3 Å². The molecule has 2 N–H and O–H groups in total. The number of ether oxygens (including phenoxy) is 1. The molecule has 0 aliphatic rings. The summed E-state index contributed by atoms with van der Waals surface area (Å²) >= 11 is 0. The molecule has 0 aliphatic heterocycles. The molecule has 0 unspecified atom stereocenters. The number of nitrogens with one attached hydrogen (secondary N) is 2. The summed E-state index contributed by atoms with van der Waals surface area (Å²) in [7, 11) is 1.62. The second-order valence-electron chi connectivity index (χ2n) is 8.61. The Bertz CT molecular complexity index is 1720. The van der Waals surface area contributed by atoms with Gasteiger partial charge in [0.15, 0.2) is 5.65 Å². The van der Waals surface area contributed by atoms with Gasteiger partial charge in [-0.05, 0) is 35.4 Å². The summed E-state index contributed by atoms with van der Waals surface area (Å²) in [5.41, 5.74) is 6.01. The highest BCUT2D eigenvalue weighted by Crippen LogP contribution is 2.36. The highest BCUT2D eigenvalue weighted by atomic mass is 16.5. The Morgan fingerprint density at radius 2 is 1.27 bits per heavy atom. The highest BCUT2D eigenvalue weighted by Gasteiger charge is 2.22. The van der Waals surface area contributed by atoms with Crippen LogP contribution in [0.4, 0.5) is 11.5 Å². The summed E-state index contributed by atoms with van der Waals surface area (Å²) in [5.74, 6) is 1.20. The lowest BCUT2D eigenvalue weighted by Crippen LogP contribution is -2.19. The first-order chi connectivity index (χ1) is 18.2. The topological polar surface area (TPSA) is 71.4 Å². The normalized spacial score (nSPS) is 10.9. The Kier molecular flexibility index (Phi) is 5.75. The van der Waals surface area contributed by atoms with Crippen LogP contribution in [-0.2, 0) is 0 Å². The number of hydrogen-bond acceptors (Lipinski definition) is 4. The third kappa shape index (κ3) is 4.15. The molecule has 0 saturated heterocycles. The van der Waals surface area contributed by atoms with Crippen LogP contribution >= 0.6 is 0 Å². The first-order valence-electron chi connectivity index (χ1n) is 12.0. The van der Waals surface area contributed by atoms with Crippen molar-refractivity contribution in [2.75, 3.05) is 12.4 Å². The minimum Gasteiger partial charge on any atom is -0.497 e. The molecule has 0 amide bonds. The summed E-state index contributed by atoms with van der Waals surface area (Å²) in [6.45, 7) is 0. The monoisotopic (exact) mass is 484 g/mol. The average molecular weight is 485 g/mol. The van der Waals surface area contributed by atoms with Crippen LogP contribution in [0.5, 0.6) is 5.75 Å². The van der Waals surface area contributed by atoms with E-state index in [1.54, 1.807) is 11.6 Å². The molecule has 4 aromatic carbocycles. The van der Waals surface area contributed by atoms with Crippen LogP contribution < -0.4 is 15.6 Å². The molecule has 0 fully saturated rings. The van der Waals surface area contributed by atoms with Crippen LogP contribution in [0.1, 0.15) is 0 Å². The van der Waals surface area contributed by atoms with E-state index in [2.05, 4.69) is 10.4 Å². The highest BCUT2D eigenvalue weighted by molar-refractivity contribution is 5.92. The van der Waals surface area contributed by atoms with Crippen LogP contribution in [0.3, 0.4) is 0 Å². The second kappa shape index (κ2) is 9.51. The second-order valence-corrected chi connectivity index (χ2v) is 8.61. The van der Waals surface area contributed by atoms with Crippen LogP contribution in [-0.4, -0.2) is 21.7 Å². The van der Waals surface area contributed by atoms with Gasteiger partial charge < -0.3 is 10.1 Å². The van der Waals surface area contributed by atoms with E-state index in [1.165, 1.54) is 0 Å². The van der Waals surface area contributed by atoms with Gasteiger partial charge >= 0.3 is 0 Å². The summed E-state index contributed by atoms with van der Waals surface area (Å²) < 4.78 is 6.87. The van der Waals surface area contributed by atoms with Crippen molar-refractivity contribution in [2.24, 2.45) is 0 Å². The van der Waals surface area contributed by atoms with Crippen LogP contribution in [0.2, 0.25) is 0 Å². The fourth-order valence-corrected chi connectivity index (χ4v) is 4.53. The Hall–Kier alpha value is -5.10. The lowest BCUT2D eigenvalue weighted by atomic mass is 10.0. The average Bonchev–Trinajstić information content (AvgIpc) is 3.35. The largest absolute Gasteiger partial charge is 0.497 e. The molecule has 6 nitrogen and oxygen atoms in total. The molecular weight excluding hydrogens is 460 g/mol. The molecule has 2 heterocycles. The van der Waals surface area contributed by atoms with Gasteiger partial charge in [0.2, 0.25) is 0 Å². The Morgan fingerprint density at radius 1 is 0.703 bits per heavy atom. The van der Waals surface area contributed by atoms with E-state index in [1.807, 2.05) is 115 Å². The predicted molar refractivity (Wildman–Crippen MR) is 148 cm³/mol. The molecule has 0 radical (unpaired) electrons. The maximum absolute atomic E-state index is 14.1. The molecule has 0 spiro atoms. The number of rotatable bonds is 6. The number of anilines is 2. The van der Waals surface area contributed by atoms with Gasteiger partial charge in [-0.2, -0.15) is 4.52 Å². The summed E-state index contributed by atoms with van der Waals surface area (Å²) in [4.78, 5) is 19.2. The van der Waals surface area contributed by atoms with E-state index < -0.39 is 0 Å². The van der Waals surface area contributed by atoms with Crippen LogP contribution in [0.25, 0.3) is 39.2 Å². The van der Waals surface area contributed by atoms with Gasteiger partial charge in [0.05, 0.1) is 23.9 Å². The fourth-order valence-electron chi connectivity index (χ4n) is 4.53. The molecule has 37 heavy (non-hydrogen) atoms. The van der Waals surface area contributed by atoms with Crippen molar-refractivity contribution >= 4 is 17.2 Å². The molecular formula is C31H24N4O2. The van der Waals surface area contributed by atoms with Crippen molar-refractivity contribution in [1.82, 2.24) is 14.6 Å². The number of aromatic nitrogens is 3. The number of fused-ring (bicyclic) bond motifs is 1. The number of nitrogens with zero attached hydrogens (tertiary/aromatic N) is 2. The van der Waals surface area contributed by atoms with Gasteiger partial charge in [0, 0.05) is 11.3 Å². The number of para-hydroxylation sites is 1. The Labute approximate surface area is 213 Å². The van der Waals surface area contributed by atoms with E-state index in [0.717, 1.165) is 33.6 Å². The van der Waals surface area contributed by atoms with Crippen LogP contribution in [0.15, 0.2) is 120 Å². The van der Waals surface area contributed by atoms with Crippen LogP contribution in [0, 0.1) is 0 Å². The number of methoxy groups -OCH3 is 1. The first-order valence-corrected chi connectivity index (χ1v) is 12.0. The van der Waals surface area contributed by atoms with Gasteiger partial charge in [0.1, 0.15) is 11.6 Å². The molecule has 6 heteroatoms. The predicted octanol–water partition coefficient (Wildman–Crippen LogP) is 6.78. The fraction of sp³-hybridized carbons (Fsp3) is 0.0323. The zero-order chi connectivity index (χ0) is 25.2. The number of H-pyrrole nitrogens is 1. The quantitative estimate of drug-likeness (QED) is 0.273. The molecule has 0 aliphatic carbocycles. The van der Waals surface area contributed by atoms with Gasteiger partial charge in [0.25, 0.3) is 5.56 Å². The van der Waals surface area contributed by atoms with Gasteiger partial charge in [-0.25, -0.2) is 4.98 Å². The van der Waals surface area contributed by atoms with E-state index in [4.69, 9.17) is 9.72 Å². The number of benzene rings is 4. The third-order valence-electron chi connectivity index (χ3n) is 6.32. The third-order valence-corrected chi connectivity index (χ3v) is 6.32. The number of aromatic amines is 1. The van der Waals surface area contributed by atoms with E-state index in [9.17, 15) is 4.79 Å². The Balaban J connectivity index is 1.67. The van der Waals surface area contributed by atoms with E-state index in [-0.39, 0.29) is 5.56 Å². The molecule has 2 aromatic heterocycles. The van der Waals surface area contributed by atoms with Crippen molar-refractivity contribution in [3.05, 3.63) is 126 Å². The van der Waals surface area contributed by atoms with Gasteiger partial charge in [-0.15, -0.1) is 0 Å². The molecule has 6 aromatic rings. The number of hydrogen-bond donors (Lipinski definition) is 2.